The summed E-state index contributed by atoms with van der Waals surface area (Å²) in [5, 5.41) is -0.301. The Morgan fingerprint density at radius 1 is 1.90 bits per heavy atom. The zero-order valence-corrected chi connectivity index (χ0v) is 6.77. The number of carbonyl (C=O) groups excluding carboxylic acids is 1. The lowest BCUT2D eigenvalue weighted by Gasteiger charge is -2.00. The minimum atomic E-state index is -0.301. The molecular weight excluding hydrogens is 150 g/mol. The van der Waals surface area contributed by atoms with Crippen LogP contribution in [0.15, 0.2) is 4.99 Å². The molecule has 0 aliphatic carbocycles. The van der Waals surface area contributed by atoms with Gasteiger partial charge in [-0.25, -0.2) is 4.79 Å². The van der Waals surface area contributed by atoms with Crippen LogP contribution in [0.25, 0.3) is 0 Å². The molecule has 0 aromatic heterocycles. The van der Waals surface area contributed by atoms with Gasteiger partial charge in [-0.3, -0.25) is 4.99 Å². The Balaban J connectivity index is 2.52. The lowest BCUT2D eigenvalue weighted by Crippen LogP contribution is -2.13. The van der Waals surface area contributed by atoms with Gasteiger partial charge >= 0.3 is 5.97 Å². The normalized spacial score (nSPS) is 24.2. The molecule has 1 rings (SSSR count). The lowest BCUT2D eigenvalue weighted by atomic mass is 10.5. The van der Waals surface area contributed by atoms with Crippen molar-refractivity contribution in [2.45, 2.75) is 12.3 Å². The molecule has 0 aromatic rings. The van der Waals surface area contributed by atoms with Crippen molar-refractivity contribution in [3.63, 3.8) is 0 Å². The molecule has 0 radical (unpaired) electrons. The molecule has 3 nitrogen and oxygen atoms in total. The third-order valence-electron chi connectivity index (χ3n) is 1.19. The van der Waals surface area contributed by atoms with E-state index in [1.165, 1.54) is 18.9 Å². The Morgan fingerprint density at radius 3 is 3.00 bits per heavy atom. The monoisotopic (exact) mass is 159 g/mol. The van der Waals surface area contributed by atoms with Gasteiger partial charge < -0.3 is 4.74 Å². The third-order valence-corrected chi connectivity index (χ3v) is 2.39. The molecule has 0 amide bonds. The molecular formula is C6H9NO2S. The predicted octanol–water partition coefficient (Wildman–Crippen LogP) is 0.693. The van der Waals surface area contributed by atoms with Crippen LogP contribution in [0, 0.1) is 0 Å². The van der Waals surface area contributed by atoms with Crippen molar-refractivity contribution in [1.82, 2.24) is 0 Å². The van der Waals surface area contributed by atoms with Crippen molar-refractivity contribution in [2.24, 2.45) is 4.99 Å². The Morgan fingerprint density at radius 2 is 2.60 bits per heavy atom. The highest BCUT2D eigenvalue weighted by atomic mass is 32.2. The lowest BCUT2D eigenvalue weighted by molar-refractivity contribution is -0.139. The zero-order valence-electron chi connectivity index (χ0n) is 5.96. The second kappa shape index (κ2) is 3.05. The Bertz CT molecular complexity index is 179. The van der Waals surface area contributed by atoms with Crippen molar-refractivity contribution in [1.29, 1.82) is 0 Å². The number of carbonyl (C=O) groups is 1. The van der Waals surface area contributed by atoms with Gasteiger partial charge in [-0.05, 0) is 6.92 Å². The van der Waals surface area contributed by atoms with E-state index >= 15 is 0 Å². The van der Waals surface area contributed by atoms with Crippen molar-refractivity contribution in [3.8, 4) is 0 Å². The number of hydrogen-bond acceptors (Lipinski definition) is 4. The Kier molecular flexibility index (Phi) is 2.32. The molecule has 1 aliphatic heterocycles. The number of thioether (sulfide) groups is 1. The van der Waals surface area contributed by atoms with Gasteiger partial charge in [-0.2, -0.15) is 0 Å². The molecule has 10 heavy (non-hydrogen) atoms. The average Bonchev–Trinajstić information content (AvgIpc) is 2.34. The van der Waals surface area contributed by atoms with E-state index in [1.54, 1.807) is 0 Å². The molecule has 1 atom stereocenters. The summed E-state index contributed by atoms with van der Waals surface area (Å²) < 4.78 is 4.52. The number of hydrogen-bond donors (Lipinski definition) is 0. The van der Waals surface area contributed by atoms with Crippen LogP contribution >= 0.6 is 11.8 Å². The first kappa shape index (κ1) is 7.60. The minimum Gasteiger partial charge on any atom is -0.467 e. The molecule has 0 N–H and O–H groups in total. The summed E-state index contributed by atoms with van der Waals surface area (Å²) in [5.41, 5.74) is 1.01. The molecule has 1 unspecified atom stereocenters. The van der Waals surface area contributed by atoms with Crippen LogP contribution in [-0.2, 0) is 9.53 Å². The van der Waals surface area contributed by atoms with Crippen molar-refractivity contribution in [2.75, 3.05) is 12.9 Å². The van der Waals surface area contributed by atoms with E-state index in [4.69, 9.17) is 0 Å². The molecule has 0 spiro atoms. The Hall–Kier alpha value is -0.510. The first-order chi connectivity index (χ1) is 4.74. The van der Waals surface area contributed by atoms with E-state index in [-0.39, 0.29) is 11.3 Å². The second-order valence-electron chi connectivity index (χ2n) is 2.05. The molecule has 56 valence electrons. The smallest absolute Gasteiger partial charge is 0.341 e. The maximum atomic E-state index is 10.8. The molecule has 0 saturated carbocycles. The van der Waals surface area contributed by atoms with Crippen LogP contribution in [0.1, 0.15) is 6.92 Å². The van der Waals surface area contributed by atoms with Crippen LogP contribution in [0.5, 0.6) is 0 Å². The fraction of sp³-hybridized carbons (Fsp3) is 0.667. The summed E-state index contributed by atoms with van der Waals surface area (Å²) in [7, 11) is 1.38. The molecule has 0 aromatic carbocycles. The summed E-state index contributed by atoms with van der Waals surface area (Å²) in [6.07, 6.45) is 0. The van der Waals surface area contributed by atoms with Gasteiger partial charge in [0.2, 0.25) is 0 Å². The molecule has 4 heteroatoms. The quantitative estimate of drug-likeness (QED) is 0.528. The van der Waals surface area contributed by atoms with Crippen molar-refractivity contribution >= 4 is 23.4 Å². The van der Waals surface area contributed by atoms with Gasteiger partial charge in [0.25, 0.3) is 0 Å². The molecule has 1 heterocycles. The zero-order chi connectivity index (χ0) is 7.56. The van der Waals surface area contributed by atoms with E-state index in [2.05, 4.69) is 9.73 Å². The van der Waals surface area contributed by atoms with Gasteiger partial charge in [0.15, 0.2) is 5.37 Å². The molecule has 1 aliphatic rings. The first-order valence-electron chi connectivity index (χ1n) is 2.96. The third kappa shape index (κ3) is 1.50. The van der Waals surface area contributed by atoms with E-state index in [9.17, 15) is 4.79 Å². The largest absolute Gasteiger partial charge is 0.467 e. The number of ether oxygens (including phenoxy) is 1. The summed E-state index contributed by atoms with van der Waals surface area (Å²) >= 11 is 1.50. The molecule has 0 saturated heterocycles. The van der Waals surface area contributed by atoms with Crippen LogP contribution in [-0.4, -0.2) is 29.9 Å². The number of esters is 1. The predicted molar refractivity (Wildman–Crippen MR) is 41.4 cm³/mol. The molecule has 0 bridgehead atoms. The number of nitrogens with zero attached hydrogens (tertiary/aromatic N) is 1. The summed E-state index contributed by atoms with van der Waals surface area (Å²) in [5.74, 6) is 0.599. The van der Waals surface area contributed by atoms with Gasteiger partial charge in [-0.15, -0.1) is 11.8 Å². The summed E-state index contributed by atoms with van der Waals surface area (Å²) in [6, 6.07) is 0. The standard InChI is InChI=1S/C6H9NO2S/c1-4-3-10-5(7-4)6(8)9-2/h5H,3H2,1-2H3. The van der Waals surface area contributed by atoms with Gasteiger partial charge in [-0.1, -0.05) is 0 Å². The average molecular weight is 159 g/mol. The van der Waals surface area contributed by atoms with Crippen molar-refractivity contribution < 1.29 is 9.53 Å². The van der Waals surface area contributed by atoms with Gasteiger partial charge in [0, 0.05) is 11.5 Å². The SMILES string of the molecule is COC(=O)C1N=C(C)CS1. The van der Waals surface area contributed by atoms with Gasteiger partial charge in [0.05, 0.1) is 7.11 Å². The van der Waals surface area contributed by atoms with Crippen LogP contribution in [0.2, 0.25) is 0 Å². The van der Waals surface area contributed by atoms with E-state index in [0.717, 1.165) is 11.5 Å². The summed E-state index contributed by atoms with van der Waals surface area (Å²) in [6.45, 7) is 1.91. The maximum absolute atomic E-state index is 10.8. The Labute approximate surface area is 63.9 Å². The van der Waals surface area contributed by atoms with Crippen LogP contribution in [0.3, 0.4) is 0 Å². The highest BCUT2D eigenvalue weighted by molar-refractivity contribution is 8.01. The number of rotatable bonds is 1. The summed E-state index contributed by atoms with van der Waals surface area (Å²) in [4.78, 5) is 14.9. The van der Waals surface area contributed by atoms with E-state index < -0.39 is 0 Å². The first-order valence-corrected chi connectivity index (χ1v) is 4.01. The van der Waals surface area contributed by atoms with Crippen molar-refractivity contribution in [3.05, 3.63) is 0 Å². The number of methoxy groups -OCH3 is 1. The highest BCUT2D eigenvalue weighted by Crippen LogP contribution is 2.20. The van der Waals surface area contributed by atoms with E-state index in [0.29, 0.717) is 0 Å². The molecule has 0 fully saturated rings. The van der Waals surface area contributed by atoms with E-state index in [1.807, 2.05) is 6.92 Å². The highest BCUT2D eigenvalue weighted by Gasteiger charge is 2.23. The maximum Gasteiger partial charge on any atom is 0.341 e. The second-order valence-corrected chi connectivity index (χ2v) is 3.12. The van der Waals surface area contributed by atoms with Crippen LogP contribution < -0.4 is 0 Å². The van der Waals surface area contributed by atoms with Gasteiger partial charge in [0.1, 0.15) is 0 Å². The van der Waals surface area contributed by atoms with Crippen LogP contribution in [0.4, 0.5) is 0 Å². The fourth-order valence-electron chi connectivity index (χ4n) is 0.696. The number of aliphatic imine (C=N–C) groups is 1. The topological polar surface area (TPSA) is 38.7 Å². The minimum absolute atomic E-state index is 0.248. The fourth-order valence-corrected chi connectivity index (χ4v) is 1.66.